The molecule has 0 bridgehead atoms. The number of halogens is 2. The van der Waals surface area contributed by atoms with Crippen molar-refractivity contribution < 1.29 is 4.39 Å². The van der Waals surface area contributed by atoms with E-state index in [-0.39, 0.29) is 16.9 Å². The van der Waals surface area contributed by atoms with Crippen LogP contribution < -0.4 is 5.32 Å². The van der Waals surface area contributed by atoms with Gasteiger partial charge in [-0.25, -0.2) is 4.39 Å². The molecule has 0 amide bonds. The molecule has 2 aromatic rings. The molecule has 1 heterocycles. The normalized spacial score (nSPS) is 12.4. The van der Waals surface area contributed by atoms with Crippen molar-refractivity contribution >= 4 is 11.6 Å². The quantitative estimate of drug-likeness (QED) is 0.908. The molecule has 100 valence electrons. The third-order valence-corrected chi connectivity index (χ3v) is 3.56. The smallest absolute Gasteiger partial charge is 0.142 e. The first kappa shape index (κ1) is 14.0. The van der Waals surface area contributed by atoms with Crippen LogP contribution in [0, 0.1) is 5.82 Å². The molecule has 0 spiro atoms. The number of nitrogens with one attached hydrogen (secondary N) is 1. The Bertz CT molecular complexity index is 531. The molecular weight excluding hydrogens is 263 g/mol. The van der Waals surface area contributed by atoms with Crippen molar-refractivity contribution in [2.45, 2.75) is 18.9 Å². The molecule has 1 atom stereocenters. The molecule has 2 nitrogen and oxygen atoms in total. The molecule has 0 saturated carbocycles. The first-order chi connectivity index (χ1) is 9.20. The fraction of sp³-hybridized carbons (Fsp3) is 0.267. The van der Waals surface area contributed by atoms with Crippen molar-refractivity contribution in [3.63, 3.8) is 0 Å². The van der Waals surface area contributed by atoms with Crippen molar-refractivity contribution in [3.05, 3.63) is 64.7 Å². The van der Waals surface area contributed by atoms with Gasteiger partial charge in [-0.2, -0.15) is 0 Å². The third kappa shape index (κ3) is 3.75. The van der Waals surface area contributed by atoms with Gasteiger partial charge >= 0.3 is 0 Å². The lowest BCUT2D eigenvalue weighted by molar-refractivity contribution is 0.553. The summed E-state index contributed by atoms with van der Waals surface area (Å²) >= 11 is 5.98. The van der Waals surface area contributed by atoms with Crippen molar-refractivity contribution in [1.29, 1.82) is 0 Å². The van der Waals surface area contributed by atoms with Gasteiger partial charge in [-0.15, -0.1) is 0 Å². The van der Waals surface area contributed by atoms with Crippen LogP contribution in [0.1, 0.15) is 11.1 Å². The number of pyridine rings is 1. The number of aromatic nitrogens is 1. The molecule has 1 unspecified atom stereocenters. The van der Waals surface area contributed by atoms with Gasteiger partial charge in [-0.05, 0) is 49.2 Å². The van der Waals surface area contributed by atoms with E-state index in [1.165, 1.54) is 11.6 Å². The maximum Gasteiger partial charge on any atom is 0.142 e. The maximum atomic E-state index is 13.4. The first-order valence-electron chi connectivity index (χ1n) is 6.19. The fourth-order valence-corrected chi connectivity index (χ4v) is 2.25. The molecular formula is C15H16ClFN2. The predicted octanol–water partition coefficient (Wildman–Crippen LogP) is 3.25. The summed E-state index contributed by atoms with van der Waals surface area (Å²) in [6.45, 7) is 0. The summed E-state index contributed by atoms with van der Waals surface area (Å²) in [7, 11) is 1.90. The van der Waals surface area contributed by atoms with E-state index < -0.39 is 0 Å². The SMILES string of the molecule is CNC(Cc1ccncc1)Cc1cccc(F)c1Cl. The van der Waals surface area contributed by atoms with Crippen LogP contribution in [0.15, 0.2) is 42.7 Å². The van der Waals surface area contributed by atoms with Crippen molar-refractivity contribution in [2.75, 3.05) is 7.05 Å². The summed E-state index contributed by atoms with van der Waals surface area (Å²) < 4.78 is 13.4. The Labute approximate surface area is 117 Å². The van der Waals surface area contributed by atoms with E-state index >= 15 is 0 Å². The van der Waals surface area contributed by atoms with E-state index in [2.05, 4.69) is 10.3 Å². The first-order valence-corrected chi connectivity index (χ1v) is 6.57. The Morgan fingerprint density at radius 1 is 1.21 bits per heavy atom. The summed E-state index contributed by atoms with van der Waals surface area (Å²) in [4.78, 5) is 4.00. The molecule has 1 aromatic carbocycles. The minimum absolute atomic E-state index is 0.210. The minimum Gasteiger partial charge on any atom is -0.316 e. The molecule has 19 heavy (non-hydrogen) atoms. The number of rotatable bonds is 5. The van der Waals surface area contributed by atoms with E-state index in [1.807, 2.05) is 25.2 Å². The Morgan fingerprint density at radius 2 is 1.95 bits per heavy atom. The van der Waals surface area contributed by atoms with Crippen molar-refractivity contribution in [2.24, 2.45) is 0 Å². The summed E-state index contributed by atoms with van der Waals surface area (Å²) in [5.41, 5.74) is 2.02. The van der Waals surface area contributed by atoms with Gasteiger partial charge in [0, 0.05) is 18.4 Å². The lowest BCUT2D eigenvalue weighted by atomic mass is 9.99. The van der Waals surface area contributed by atoms with Gasteiger partial charge in [0.1, 0.15) is 5.82 Å². The fourth-order valence-electron chi connectivity index (χ4n) is 2.05. The second kappa shape index (κ2) is 6.64. The van der Waals surface area contributed by atoms with E-state index in [1.54, 1.807) is 18.5 Å². The molecule has 1 aromatic heterocycles. The number of benzene rings is 1. The van der Waals surface area contributed by atoms with Gasteiger partial charge in [0.05, 0.1) is 5.02 Å². The number of hydrogen-bond acceptors (Lipinski definition) is 2. The molecule has 0 aliphatic rings. The van der Waals surface area contributed by atoms with Gasteiger partial charge in [-0.3, -0.25) is 4.98 Å². The zero-order valence-corrected chi connectivity index (χ0v) is 11.5. The highest BCUT2D eigenvalue weighted by Gasteiger charge is 2.12. The molecule has 1 N–H and O–H groups in total. The second-order valence-electron chi connectivity index (χ2n) is 4.46. The highest BCUT2D eigenvalue weighted by atomic mass is 35.5. The summed E-state index contributed by atoms with van der Waals surface area (Å²) in [5, 5.41) is 3.46. The van der Waals surface area contributed by atoms with Gasteiger partial charge in [0.25, 0.3) is 0 Å². The molecule has 0 fully saturated rings. The molecule has 0 radical (unpaired) electrons. The highest BCUT2D eigenvalue weighted by molar-refractivity contribution is 6.31. The largest absolute Gasteiger partial charge is 0.316 e. The van der Waals surface area contributed by atoms with Crippen LogP contribution in [-0.2, 0) is 12.8 Å². The van der Waals surface area contributed by atoms with Crippen LogP contribution in [0.4, 0.5) is 4.39 Å². The zero-order valence-electron chi connectivity index (χ0n) is 10.7. The zero-order chi connectivity index (χ0) is 13.7. The third-order valence-electron chi connectivity index (χ3n) is 3.14. The van der Waals surface area contributed by atoms with Crippen LogP contribution in [0.5, 0.6) is 0 Å². The van der Waals surface area contributed by atoms with Crippen molar-refractivity contribution in [1.82, 2.24) is 10.3 Å². The average Bonchev–Trinajstić information content (AvgIpc) is 2.44. The predicted molar refractivity (Wildman–Crippen MR) is 75.9 cm³/mol. The topological polar surface area (TPSA) is 24.9 Å². The molecule has 4 heteroatoms. The van der Waals surface area contributed by atoms with Crippen LogP contribution in [0.25, 0.3) is 0 Å². The van der Waals surface area contributed by atoms with Gasteiger partial charge in [0.15, 0.2) is 0 Å². The van der Waals surface area contributed by atoms with Gasteiger partial charge in [0.2, 0.25) is 0 Å². The van der Waals surface area contributed by atoms with E-state index in [4.69, 9.17) is 11.6 Å². The van der Waals surface area contributed by atoms with E-state index in [0.29, 0.717) is 6.42 Å². The average molecular weight is 279 g/mol. The minimum atomic E-state index is -0.363. The Kier molecular flexibility index (Phi) is 4.88. The van der Waals surface area contributed by atoms with E-state index in [0.717, 1.165) is 12.0 Å². The Morgan fingerprint density at radius 3 is 2.63 bits per heavy atom. The Hall–Kier alpha value is -1.45. The van der Waals surface area contributed by atoms with Crippen LogP contribution in [0.2, 0.25) is 5.02 Å². The van der Waals surface area contributed by atoms with E-state index in [9.17, 15) is 4.39 Å². The van der Waals surface area contributed by atoms with Crippen LogP contribution in [0.3, 0.4) is 0 Å². The number of hydrogen-bond donors (Lipinski definition) is 1. The summed E-state index contributed by atoms with van der Waals surface area (Å²) in [6, 6.07) is 9.11. The Balaban J connectivity index is 2.09. The second-order valence-corrected chi connectivity index (χ2v) is 4.84. The summed E-state index contributed by atoms with van der Waals surface area (Å²) in [5.74, 6) is -0.363. The van der Waals surface area contributed by atoms with Crippen molar-refractivity contribution in [3.8, 4) is 0 Å². The molecule has 2 rings (SSSR count). The molecule has 0 saturated heterocycles. The maximum absolute atomic E-state index is 13.4. The van der Waals surface area contributed by atoms with Crippen LogP contribution in [-0.4, -0.2) is 18.1 Å². The lowest BCUT2D eigenvalue weighted by Crippen LogP contribution is -2.30. The van der Waals surface area contributed by atoms with Gasteiger partial charge in [-0.1, -0.05) is 23.7 Å². The lowest BCUT2D eigenvalue weighted by Gasteiger charge is -2.17. The molecule has 0 aliphatic heterocycles. The number of likely N-dealkylation sites (N-methyl/N-ethyl adjacent to an activating group) is 1. The highest BCUT2D eigenvalue weighted by Crippen LogP contribution is 2.21. The molecule has 0 aliphatic carbocycles. The van der Waals surface area contributed by atoms with Gasteiger partial charge < -0.3 is 5.32 Å². The monoisotopic (exact) mass is 278 g/mol. The standard InChI is InChI=1S/C15H16ClFN2/c1-18-13(9-11-5-7-19-8-6-11)10-12-3-2-4-14(17)15(12)16/h2-8,13,18H,9-10H2,1H3. The summed E-state index contributed by atoms with van der Waals surface area (Å²) in [6.07, 6.45) is 5.09. The number of nitrogens with zero attached hydrogens (tertiary/aromatic N) is 1. The van der Waals surface area contributed by atoms with Crippen LogP contribution >= 0.6 is 11.6 Å².